The minimum atomic E-state index is -0.288. The summed E-state index contributed by atoms with van der Waals surface area (Å²) in [7, 11) is 0. The van der Waals surface area contributed by atoms with Crippen molar-refractivity contribution in [1.82, 2.24) is 0 Å². The van der Waals surface area contributed by atoms with Crippen molar-refractivity contribution in [3.63, 3.8) is 0 Å². The average Bonchev–Trinajstić information content (AvgIpc) is 2.21. The SMILES string of the molecule is Cc1cc(C)c(C(=O)OCCC(C)(C)C)cc1N. The standard InChI is InChI=1S/C15H23NO2/c1-10-8-11(2)13(16)9-12(10)14(17)18-7-6-15(3,4)5/h8-9H,6-7,16H2,1-5H3. The highest BCUT2D eigenvalue weighted by molar-refractivity contribution is 5.92. The van der Waals surface area contributed by atoms with Gasteiger partial charge in [-0.1, -0.05) is 26.8 Å². The molecule has 1 aromatic rings. The smallest absolute Gasteiger partial charge is 0.338 e. The minimum absolute atomic E-state index is 0.168. The second-order valence-corrected chi connectivity index (χ2v) is 5.97. The van der Waals surface area contributed by atoms with Crippen molar-refractivity contribution in [1.29, 1.82) is 0 Å². The van der Waals surface area contributed by atoms with E-state index in [1.807, 2.05) is 19.9 Å². The van der Waals surface area contributed by atoms with E-state index in [1.54, 1.807) is 6.07 Å². The summed E-state index contributed by atoms with van der Waals surface area (Å²) in [6.07, 6.45) is 0.846. The molecule has 0 aliphatic rings. The first-order valence-electron chi connectivity index (χ1n) is 6.24. The van der Waals surface area contributed by atoms with Crippen LogP contribution in [-0.2, 0) is 4.74 Å². The number of ether oxygens (including phenoxy) is 1. The Morgan fingerprint density at radius 3 is 2.39 bits per heavy atom. The quantitative estimate of drug-likeness (QED) is 0.659. The number of anilines is 1. The molecule has 0 saturated carbocycles. The summed E-state index contributed by atoms with van der Waals surface area (Å²) in [5, 5.41) is 0. The highest BCUT2D eigenvalue weighted by Gasteiger charge is 2.15. The molecule has 0 aromatic heterocycles. The Morgan fingerprint density at radius 2 is 1.83 bits per heavy atom. The summed E-state index contributed by atoms with van der Waals surface area (Å²) >= 11 is 0. The van der Waals surface area contributed by atoms with Crippen LogP contribution in [0.2, 0.25) is 0 Å². The molecule has 0 atom stereocenters. The summed E-state index contributed by atoms with van der Waals surface area (Å²) in [6.45, 7) is 10.6. The van der Waals surface area contributed by atoms with Crippen molar-refractivity contribution >= 4 is 11.7 Å². The van der Waals surface area contributed by atoms with E-state index in [9.17, 15) is 4.79 Å². The summed E-state index contributed by atoms with van der Waals surface area (Å²) in [6, 6.07) is 3.61. The van der Waals surface area contributed by atoms with Crippen molar-refractivity contribution < 1.29 is 9.53 Å². The zero-order valence-electron chi connectivity index (χ0n) is 12.0. The van der Waals surface area contributed by atoms with Crippen LogP contribution in [0.4, 0.5) is 5.69 Å². The molecule has 100 valence electrons. The van der Waals surface area contributed by atoms with Gasteiger partial charge in [-0.25, -0.2) is 4.79 Å². The van der Waals surface area contributed by atoms with Crippen LogP contribution in [0.15, 0.2) is 12.1 Å². The van der Waals surface area contributed by atoms with Gasteiger partial charge < -0.3 is 10.5 Å². The fraction of sp³-hybridized carbons (Fsp3) is 0.533. The van der Waals surface area contributed by atoms with Crippen molar-refractivity contribution in [2.24, 2.45) is 5.41 Å². The summed E-state index contributed by atoms with van der Waals surface area (Å²) < 4.78 is 5.29. The number of benzene rings is 1. The predicted octanol–water partition coefficient (Wildman–Crippen LogP) is 3.48. The van der Waals surface area contributed by atoms with Gasteiger partial charge >= 0.3 is 5.97 Å². The van der Waals surface area contributed by atoms with Gasteiger partial charge in [-0.15, -0.1) is 0 Å². The third kappa shape index (κ3) is 4.06. The lowest BCUT2D eigenvalue weighted by molar-refractivity contribution is 0.0464. The lowest BCUT2D eigenvalue weighted by Gasteiger charge is -2.18. The first kappa shape index (κ1) is 14.6. The van der Waals surface area contributed by atoms with Crippen LogP contribution in [0.25, 0.3) is 0 Å². The van der Waals surface area contributed by atoms with Gasteiger partial charge in [-0.2, -0.15) is 0 Å². The molecule has 0 bridgehead atoms. The van der Waals surface area contributed by atoms with Gasteiger partial charge in [-0.3, -0.25) is 0 Å². The van der Waals surface area contributed by atoms with Gasteiger partial charge in [0.1, 0.15) is 0 Å². The lowest BCUT2D eigenvalue weighted by Crippen LogP contribution is -2.14. The molecule has 0 amide bonds. The van der Waals surface area contributed by atoms with Crippen LogP contribution < -0.4 is 5.73 Å². The number of esters is 1. The van der Waals surface area contributed by atoms with Crippen molar-refractivity contribution in [3.05, 3.63) is 28.8 Å². The third-order valence-electron chi connectivity index (χ3n) is 2.92. The molecule has 0 radical (unpaired) electrons. The Morgan fingerprint density at radius 1 is 1.22 bits per heavy atom. The van der Waals surface area contributed by atoms with Gasteiger partial charge in [-0.05, 0) is 42.9 Å². The van der Waals surface area contributed by atoms with E-state index < -0.39 is 0 Å². The molecule has 18 heavy (non-hydrogen) atoms. The summed E-state index contributed by atoms with van der Waals surface area (Å²) in [4.78, 5) is 11.9. The van der Waals surface area contributed by atoms with E-state index in [0.717, 1.165) is 17.5 Å². The first-order valence-corrected chi connectivity index (χ1v) is 6.24. The number of hydrogen-bond acceptors (Lipinski definition) is 3. The van der Waals surface area contributed by atoms with E-state index in [-0.39, 0.29) is 11.4 Å². The van der Waals surface area contributed by atoms with Crippen molar-refractivity contribution in [2.75, 3.05) is 12.3 Å². The second kappa shape index (κ2) is 5.42. The number of aryl methyl sites for hydroxylation is 2. The zero-order valence-corrected chi connectivity index (χ0v) is 12.0. The number of hydrogen-bond donors (Lipinski definition) is 1. The van der Waals surface area contributed by atoms with Crippen LogP contribution in [0, 0.1) is 19.3 Å². The van der Waals surface area contributed by atoms with E-state index in [4.69, 9.17) is 10.5 Å². The van der Waals surface area contributed by atoms with Crippen molar-refractivity contribution in [3.8, 4) is 0 Å². The van der Waals surface area contributed by atoms with E-state index in [2.05, 4.69) is 20.8 Å². The molecule has 1 rings (SSSR count). The molecule has 0 fully saturated rings. The molecule has 0 unspecified atom stereocenters. The van der Waals surface area contributed by atoms with Gasteiger partial charge in [0.2, 0.25) is 0 Å². The number of nitrogens with two attached hydrogens (primary N) is 1. The molecule has 3 nitrogen and oxygen atoms in total. The molecular formula is C15H23NO2. The maximum atomic E-state index is 11.9. The predicted molar refractivity (Wildman–Crippen MR) is 74.7 cm³/mol. The fourth-order valence-electron chi connectivity index (χ4n) is 1.62. The number of carbonyl (C=O) groups excluding carboxylic acids is 1. The maximum absolute atomic E-state index is 11.9. The molecule has 0 aliphatic heterocycles. The molecule has 2 N–H and O–H groups in total. The van der Waals surface area contributed by atoms with E-state index >= 15 is 0 Å². The van der Waals surface area contributed by atoms with Crippen LogP contribution in [0.3, 0.4) is 0 Å². The van der Waals surface area contributed by atoms with Gasteiger partial charge in [0.25, 0.3) is 0 Å². The highest BCUT2D eigenvalue weighted by Crippen LogP contribution is 2.21. The van der Waals surface area contributed by atoms with E-state index in [0.29, 0.717) is 17.9 Å². The zero-order chi connectivity index (χ0) is 13.9. The lowest BCUT2D eigenvalue weighted by atomic mass is 9.93. The van der Waals surface area contributed by atoms with Crippen molar-refractivity contribution in [2.45, 2.75) is 41.0 Å². The molecule has 0 spiro atoms. The van der Waals surface area contributed by atoms with Gasteiger partial charge in [0, 0.05) is 5.69 Å². The Kier molecular flexibility index (Phi) is 4.38. The Hall–Kier alpha value is -1.51. The fourth-order valence-corrected chi connectivity index (χ4v) is 1.62. The van der Waals surface area contributed by atoms with Crippen LogP contribution >= 0.6 is 0 Å². The maximum Gasteiger partial charge on any atom is 0.338 e. The molecule has 0 aliphatic carbocycles. The van der Waals surface area contributed by atoms with Crippen LogP contribution in [0.1, 0.15) is 48.7 Å². The van der Waals surface area contributed by atoms with Crippen LogP contribution in [0.5, 0.6) is 0 Å². The molecule has 0 saturated heterocycles. The monoisotopic (exact) mass is 249 g/mol. The average molecular weight is 249 g/mol. The van der Waals surface area contributed by atoms with Crippen LogP contribution in [-0.4, -0.2) is 12.6 Å². The number of rotatable bonds is 3. The Balaban J connectivity index is 2.70. The number of nitrogen functional groups attached to an aromatic ring is 1. The molecule has 1 aromatic carbocycles. The highest BCUT2D eigenvalue weighted by atomic mass is 16.5. The Labute approximate surface area is 109 Å². The normalized spacial score (nSPS) is 11.4. The first-order chi connectivity index (χ1) is 8.20. The largest absolute Gasteiger partial charge is 0.462 e. The van der Waals surface area contributed by atoms with Gasteiger partial charge in [0.15, 0.2) is 0 Å². The number of carbonyl (C=O) groups is 1. The molecule has 3 heteroatoms. The Bertz CT molecular complexity index is 445. The second-order valence-electron chi connectivity index (χ2n) is 5.97. The molecule has 0 heterocycles. The topological polar surface area (TPSA) is 52.3 Å². The van der Waals surface area contributed by atoms with E-state index in [1.165, 1.54) is 0 Å². The molecular weight excluding hydrogens is 226 g/mol. The third-order valence-corrected chi connectivity index (χ3v) is 2.92. The van der Waals surface area contributed by atoms with Gasteiger partial charge in [0.05, 0.1) is 12.2 Å². The summed E-state index contributed by atoms with van der Waals surface area (Å²) in [5.41, 5.74) is 9.07. The summed E-state index contributed by atoms with van der Waals surface area (Å²) in [5.74, 6) is -0.288. The minimum Gasteiger partial charge on any atom is -0.462 e.